The highest BCUT2D eigenvalue weighted by molar-refractivity contribution is 7.89. The van der Waals surface area contributed by atoms with Crippen LogP contribution in [0.15, 0.2) is 28.0 Å². The van der Waals surface area contributed by atoms with E-state index in [2.05, 4.69) is 66.7 Å². The van der Waals surface area contributed by atoms with Gasteiger partial charge in [-0.15, -0.1) is 0 Å². The van der Waals surface area contributed by atoms with Crippen molar-refractivity contribution in [2.24, 2.45) is 5.92 Å². The molecule has 2 atom stereocenters. The average Bonchev–Trinajstić information content (AvgIpc) is 3.19. The maximum absolute atomic E-state index is 14.0. The van der Waals surface area contributed by atoms with Gasteiger partial charge < -0.3 is 9.47 Å². The first kappa shape index (κ1) is 20.8. The van der Waals surface area contributed by atoms with Crippen LogP contribution in [0.5, 0.6) is 0 Å². The summed E-state index contributed by atoms with van der Waals surface area (Å²) in [7, 11) is -1.28. The van der Waals surface area contributed by atoms with Gasteiger partial charge in [-0.3, -0.25) is 0 Å². The summed E-state index contributed by atoms with van der Waals surface area (Å²) in [4.78, 5) is 1.79. The molecule has 1 aliphatic heterocycles. The number of rotatable bonds is 5. The van der Waals surface area contributed by atoms with Gasteiger partial charge in [-0.2, -0.15) is 0 Å². The monoisotopic (exact) mass is 390 g/mol. The summed E-state index contributed by atoms with van der Waals surface area (Å²) in [6.45, 7) is 16.5. The zero-order chi connectivity index (χ0) is 19.9. The van der Waals surface area contributed by atoms with Crippen LogP contribution in [-0.2, 0) is 20.3 Å². The first-order valence-corrected chi connectivity index (χ1v) is 11.4. The molecule has 4 heteroatoms. The summed E-state index contributed by atoms with van der Waals surface area (Å²) in [5.41, 5.74) is 3.70. The fraction of sp³-hybridized carbons (Fsp3) is 0.652. The van der Waals surface area contributed by atoms with Crippen LogP contribution in [0, 0.1) is 5.92 Å². The second-order valence-electron chi connectivity index (χ2n) is 8.92. The summed E-state index contributed by atoms with van der Waals surface area (Å²) in [6.07, 6.45) is 2.87. The molecule has 27 heavy (non-hydrogen) atoms. The number of allylic oxidation sites excluding steroid dienone is 1. The Morgan fingerprint density at radius 1 is 0.963 bits per heavy atom. The van der Waals surface area contributed by atoms with Crippen molar-refractivity contribution in [3.05, 3.63) is 39.8 Å². The Bertz CT molecular complexity index is 726. The normalized spacial score (nSPS) is 23.0. The molecule has 1 fully saturated rings. The second-order valence-corrected chi connectivity index (χ2v) is 10.3. The van der Waals surface area contributed by atoms with Crippen LogP contribution < -0.4 is 0 Å². The Balaban J connectivity index is 2.17. The molecular formula is C23H34O3S. The first-order valence-electron chi connectivity index (χ1n) is 10.3. The second kappa shape index (κ2) is 7.81. The van der Waals surface area contributed by atoms with E-state index in [1.54, 1.807) is 0 Å². The average molecular weight is 391 g/mol. The lowest BCUT2D eigenvalue weighted by molar-refractivity contribution is -0.122. The molecule has 3 nitrogen and oxygen atoms in total. The van der Waals surface area contributed by atoms with Crippen molar-refractivity contribution in [1.82, 2.24) is 0 Å². The van der Waals surface area contributed by atoms with Crippen LogP contribution in [0.4, 0.5) is 0 Å². The quantitative estimate of drug-likeness (QED) is 0.634. The molecule has 0 N–H and O–H groups in total. The zero-order valence-electron chi connectivity index (χ0n) is 17.8. The summed E-state index contributed by atoms with van der Waals surface area (Å²) in [6, 6.07) is 4.52. The standard InChI is InChI=1S/C23H34O3S/c1-14(2)18-11-19(15(3)4)22(20(12-18)16(5)6)27(24)21-10-17(7)13-23(21)25-8-9-26-23/h10-12,14-17H,8-9,13H2,1-7H3/t17?,27-/m1/s1. The van der Waals surface area contributed by atoms with Gasteiger partial charge in [0.15, 0.2) is 0 Å². The van der Waals surface area contributed by atoms with Crippen LogP contribution in [0.3, 0.4) is 0 Å². The minimum Gasteiger partial charge on any atom is -0.343 e. The van der Waals surface area contributed by atoms with E-state index < -0.39 is 16.6 Å². The van der Waals surface area contributed by atoms with Gasteiger partial charge in [-0.1, -0.05) is 66.7 Å². The number of benzene rings is 1. The maximum atomic E-state index is 14.0. The van der Waals surface area contributed by atoms with Crippen molar-refractivity contribution in [3.63, 3.8) is 0 Å². The third-order valence-corrected chi connectivity index (χ3v) is 7.31. The molecular weight excluding hydrogens is 356 g/mol. The Hall–Kier alpha value is -0.970. The number of ether oxygens (including phenoxy) is 2. The predicted octanol–water partition coefficient (Wildman–Crippen LogP) is 5.83. The highest BCUT2D eigenvalue weighted by Crippen LogP contribution is 2.46. The summed E-state index contributed by atoms with van der Waals surface area (Å²) in [5, 5.41) is 0. The van der Waals surface area contributed by atoms with E-state index >= 15 is 0 Å². The third-order valence-electron chi connectivity index (χ3n) is 5.62. The van der Waals surface area contributed by atoms with Gasteiger partial charge in [0, 0.05) is 6.42 Å². The highest BCUT2D eigenvalue weighted by atomic mass is 32.2. The predicted molar refractivity (Wildman–Crippen MR) is 112 cm³/mol. The molecule has 0 saturated carbocycles. The number of hydrogen-bond acceptors (Lipinski definition) is 3. The lowest BCUT2D eigenvalue weighted by Crippen LogP contribution is -2.32. The molecule has 1 aromatic rings. The molecule has 1 unspecified atom stereocenters. The lowest BCUT2D eigenvalue weighted by atomic mass is 9.89. The fourth-order valence-corrected chi connectivity index (χ4v) is 6.18. The first-order chi connectivity index (χ1) is 12.7. The van der Waals surface area contributed by atoms with Crippen molar-refractivity contribution in [2.45, 2.75) is 83.3 Å². The molecule has 1 spiro atoms. The molecule has 0 aromatic heterocycles. The van der Waals surface area contributed by atoms with E-state index in [0.29, 0.717) is 36.9 Å². The molecule has 1 aromatic carbocycles. The largest absolute Gasteiger partial charge is 0.343 e. The van der Waals surface area contributed by atoms with Crippen molar-refractivity contribution < 1.29 is 13.7 Å². The molecule has 0 amide bonds. The van der Waals surface area contributed by atoms with Crippen LogP contribution in [-0.4, -0.2) is 23.2 Å². The summed E-state index contributed by atoms with van der Waals surface area (Å²) >= 11 is 0. The van der Waals surface area contributed by atoms with Crippen molar-refractivity contribution in [2.75, 3.05) is 13.2 Å². The highest BCUT2D eigenvalue weighted by Gasteiger charge is 2.48. The Morgan fingerprint density at radius 3 is 1.93 bits per heavy atom. The van der Waals surface area contributed by atoms with E-state index in [0.717, 1.165) is 16.2 Å². The summed E-state index contributed by atoms with van der Waals surface area (Å²) in [5.74, 6) is 0.577. The van der Waals surface area contributed by atoms with Gasteiger partial charge in [0.2, 0.25) is 5.79 Å². The van der Waals surface area contributed by atoms with E-state index in [-0.39, 0.29) is 0 Å². The van der Waals surface area contributed by atoms with Crippen LogP contribution >= 0.6 is 0 Å². The van der Waals surface area contributed by atoms with E-state index in [9.17, 15) is 4.21 Å². The molecule has 0 bridgehead atoms. The van der Waals surface area contributed by atoms with E-state index in [1.165, 1.54) is 16.7 Å². The smallest absolute Gasteiger partial charge is 0.204 e. The van der Waals surface area contributed by atoms with E-state index in [4.69, 9.17) is 9.47 Å². The number of hydrogen-bond donors (Lipinski definition) is 0. The Kier molecular flexibility index (Phi) is 6.00. The van der Waals surface area contributed by atoms with Crippen molar-refractivity contribution >= 4 is 10.8 Å². The molecule has 0 radical (unpaired) electrons. The third kappa shape index (κ3) is 3.81. The molecule has 1 heterocycles. The van der Waals surface area contributed by atoms with Gasteiger partial charge in [0.1, 0.15) is 0 Å². The molecule has 2 aliphatic rings. The van der Waals surface area contributed by atoms with Crippen LogP contribution in [0.25, 0.3) is 0 Å². The molecule has 150 valence electrons. The minimum absolute atomic E-state index is 0.306. The Labute approximate surface area is 167 Å². The molecule has 1 saturated heterocycles. The molecule has 1 aliphatic carbocycles. The van der Waals surface area contributed by atoms with Crippen LogP contribution in [0.1, 0.15) is 89.3 Å². The van der Waals surface area contributed by atoms with Crippen molar-refractivity contribution in [3.8, 4) is 0 Å². The van der Waals surface area contributed by atoms with Gasteiger partial charge in [0.05, 0.1) is 33.8 Å². The Morgan fingerprint density at radius 2 is 1.48 bits per heavy atom. The van der Waals surface area contributed by atoms with E-state index in [1.807, 2.05) is 0 Å². The van der Waals surface area contributed by atoms with Gasteiger partial charge in [0.25, 0.3) is 0 Å². The maximum Gasteiger partial charge on any atom is 0.204 e. The van der Waals surface area contributed by atoms with Gasteiger partial charge in [-0.25, -0.2) is 4.21 Å². The minimum atomic E-state index is -1.28. The van der Waals surface area contributed by atoms with Gasteiger partial charge >= 0.3 is 0 Å². The molecule has 3 rings (SSSR count). The lowest BCUT2D eigenvalue weighted by Gasteiger charge is -2.28. The van der Waals surface area contributed by atoms with Crippen molar-refractivity contribution in [1.29, 1.82) is 0 Å². The zero-order valence-corrected chi connectivity index (χ0v) is 18.6. The van der Waals surface area contributed by atoms with Crippen LogP contribution in [0.2, 0.25) is 0 Å². The SMILES string of the molecule is CC1C=C([S@@](=O)c2c(C(C)C)cc(C(C)C)cc2C(C)C)C2(C1)OCCO2. The van der Waals surface area contributed by atoms with Gasteiger partial charge in [-0.05, 0) is 40.4 Å². The summed E-state index contributed by atoms with van der Waals surface area (Å²) < 4.78 is 26.0. The fourth-order valence-electron chi connectivity index (χ4n) is 4.10. The topological polar surface area (TPSA) is 35.5 Å².